The summed E-state index contributed by atoms with van der Waals surface area (Å²) in [5.41, 5.74) is -1.11. The third-order valence-corrected chi connectivity index (χ3v) is 1.88. The van der Waals surface area contributed by atoms with E-state index in [0.29, 0.717) is 0 Å². The van der Waals surface area contributed by atoms with Gasteiger partial charge >= 0.3 is 5.69 Å². The highest BCUT2D eigenvalue weighted by molar-refractivity contribution is 5.08. The molecule has 80 valence electrons. The van der Waals surface area contributed by atoms with E-state index in [9.17, 15) is 14.7 Å². The average molecular weight is 208 g/mol. The van der Waals surface area contributed by atoms with Gasteiger partial charge in [-0.1, -0.05) is 12.2 Å². The summed E-state index contributed by atoms with van der Waals surface area (Å²) in [7, 11) is 0. The van der Waals surface area contributed by atoms with Crippen LogP contribution < -0.4 is 11.2 Å². The van der Waals surface area contributed by atoms with Crippen LogP contribution in [0.3, 0.4) is 0 Å². The molecule has 1 rings (SSSR count). The summed E-state index contributed by atoms with van der Waals surface area (Å²) in [6.07, 6.45) is 2.90. The van der Waals surface area contributed by atoms with Gasteiger partial charge in [-0.25, -0.2) is 4.79 Å². The maximum absolute atomic E-state index is 11.7. The zero-order chi connectivity index (χ0) is 11.4. The fourth-order valence-corrected chi connectivity index (χ4v) is 1.20. The molecule has 1 heterocycles. The van der Waals surface area contributed by atoms with Crippen molar-refractivity contribution in [3.05, 3.63) is 52.2 Å². The summed E-state index contributed by atoms with van der Waals surface area (Å²) in [6, 6.07) is 0.994. The van der Waals surface area contributed by atoms with E-state index in [1.165, 1.54) is 12.2 Å². The smallest absolute Gasteiger partial charge is 0.334 e. The van der Waals surface area contributed by atoms with Gasteiger partial charge in [-0.15, -0.1) is 13.2 Å². The van der Waals surface area contributed by atoms with Crippen molar-refractivity contribution in [2.24, 2.45) is 0 Å². The lowest BCUT2D eigenvalue weighted by atomic mass is 10.5. The van der Waals surface area contributed by atoms with Gasteiger partial charge in [-0.3, -0.25) is 13.9 Å². The fourth-order valence-electron chi connectivity index (χ4n) is 1.20. The van der Waals surface area contributed by atoms with Crippen LogP contribution in [0.5, 0.6) is 5.88 Å². The SMILES string of the molecule is C=CCn1c(O)cc(=O)n(CC=C)c1=O. The first-order chi connectivity index (χ1) is 7.11. The molecule has 0 radical (unpaired) electrons. The molecule has 0 unspecified atom stereocenters. The third kappa shape index (κ3) is 2.07. The molecule has 5 nitrogen and oxygen atoms in total. The van der Waals surface area contributed by atoms with Crippen molar-refractivity contribution in [2.45, 2.75) is 13.1 Å². The van der Waals surface area contributed by atoms with Crippen LogP contribution in [0.2, 0.25) is 0 Å². The Kier molecular flexibility index (Phi) is 3.28. The van der Waals surface area contributed by atoms with Gasteiger partial charge in [-0.2, -0.15) is 0 Å². The first kappa shape index (κ1) is 11.0. The summed E-state index contributed by atoms with van der Waals surface area (Å²) in [5, 5.41) is 9.37. The molecule has 0 aliphatic heterocycles. The molecule has 1 N–H and O–H groups in total. The molecular weight excluding hydrogens is 196 g/mol. The van der Waals surface area contributed by atoms with Crippen molar-refractivity contribution in [1.82, 2.24) is 9.13 Å². The Morgan fingerprint density at radius 2 is 1.73 bits per heavy atom. The summed E-state index contributed by atoms with van der Waals surface area (Å²) >= 11 is 0. The van der Waals surface area contributed by atoms with Gasteiger partial charge in [0.1, 0.15) is 0 Å². The molecule has 0 amide bonds. The van der Waals surface area contributed by atoms with Gasteiger partial charge in [0.15, 0.2) is 0 Å². The first-order valence-corrected chi connectivity index (χ1v) is 4.37. The number of allylic oxidation sites excluding steroid dienone is 2. The average Bonchev–Trinajstić information content (AvgIpc) is 2.19. The molecule has 0 aliphatic rings. The summed E-state index contributed by atoms with van der Waals surface area (Å²) in [4.78, 5) is 23.0. The molecule has 0 aliphatic carbocycles. The molecule has 0 spiro atoms. The highest BCUT2D eigenvalue weighted by Crippen LogP contribution is 2.00. The highest BCUT2D eigenvalue weighted by atomic mass is 16.3. The van der Waals surface area contributed by atoms with Crippen LogP contribution >= 0.6 is 0 Å². The van der Waals surface area contributed by atoms with Crippen LogP contribution in [0.15, 0.2) is 41.0 Å². The molecule has 0 aromatic carbocycles. The number of hydrogen-bond donors (Lipinski definition) is 1. The molecule has 1 aromatic heterocycles. The molecular formula is C10H12N2O3. The number of aromatic nitrogens is 2. The Morgan fingerprint density at radius 3 is 2.27 bits per heavy atom. The maximum atomic E-state index is 11.7. The number of nitrogens with zero attached hydrogens (tertiary/aromatic N) is 2. The lowest BCUT2D eigenvalue weighted by Gasteiger charge is -2.08. The molecule has 0 atom stereocenters. The molecule has 15 heavy (non-hydrogen) atoms. The number of aromatic hydroxyl groups is 1. The normalized spacial score (nSPS) is 9.87. The quantitative estimate of drug-likeness (QED) is 0.713. The Bertz CT molecular complexity index is 496. The standard InChI is InChI=1S/C10H12N2O3/c1-3-5-11-8(13)7-9(14)12(6-4-2)10(11)15/h3-4,7,13H,1-2,5-6H2. The van der Waals surface area contributed by atoms with Gasteiger partial charge < -0.3 is 5.11 Å². The van der Waals surface area contributed by atoms with E-state index < -0.39 is 11.2 Å². The molecule has 5 heteroatoms. The van der Waals surface area contributed by atoms with E-state index in [0.717, 1.165) is 15.2 Å². The summed E-state index contributed by atoms with van der Waals surface area (Å²) < 4.78 is 2.04. The predicted octanol–water partition coefficient (Wildman–Crippen LogP) is 0.0876. The summed E-state index contributed by atoms with van der Waals surface area (Å²) in [5.74, 6) is -0.356. The zero-order valence-electron chi connectivity index (χ0n) is 8.22. The lowest BCUT2D eigenvalue weighted by molar-refractivity contribution is 0.402. The minimum Gasteiger partial charge on any atom is -0.494 e. The third-order valence-electron chi connectivity index (χ3n) is 1.88. The Hall–Kier alpha value is -2.04. The van der Waals surface area contributed by atoms with Crippen LogP contribution in [0.4, 0.5) is 0 Å². The number of hydrogen-bond acceptors (Lipinski definition) is 3. The van der Waals surface area contributed by atoms with Crippen molar-refractivity contribution >= 4 is 0 Å². The lowest BCUT2D eigenvalue weighted by Crippen LogP contribution is -2.38. The van der Waals surface area contributed by atoms with E-state index in [1.807, 2.05) is 0 Å². The number of rotatable bonds is 4. The molecule has 0 saturated heterocycles. The van der Waals surface area contributed by atoms with Crippen molar-refractivity contribution in [3.8, 4) is 5.88 Å². The monoisotopic (exact) mass is 208 g/mol. The minimum absolute atomic E-state index is 0.120. The van der Waals surface area contributed by atoms with Gasteiger partial charge in [0.05, 0.1) is 6.07 Å². The van der Waals surface area contributed by atoms with Crippen molar-refractivity contribution < 1.29 is 5.11 Å². The topological polar surface area (TPSA) is 64.2 Å². The molecule has 0 fully saturated rings. The van der Waals surface area contributed by atoms with Crippen molar-refractivity contribution in [1.29, 1.82) is 0 Å². The molecule has 0 bridgehead atoms. The van der Waals surface area contributed by atoms with Crippen LogP contribution in [0.1, 0.15) is 0 Å². The van der Waals surface area contributed by atoms with Crippen LogP contribution in [-0.2, 0) is 13.1 Å². The van der Waals surface area contributed by atoms with Crippen LogP contribution in [0.25, 0.3) is 0 Å². The van der Waals surface area contributed by atoms with E-state index in [4.69, 9.17) is 0 Å². The van der Waals surface area contributed by atoms with Gasteiger partial charge in [0.2, 0.25) is 5.88 Å². The van der Waals surface area contributed by atoms with E-state index >= 15 is 0 Å². The predicted molar refractivity (Wildman–Crippen MR) is 57.0 cm³/mol. The van der Waals surface area contributed by atoms with Crippen molar-refractivity contribution in [2.75, 3.05) is 0 Å². The Labute approximate surface area is 86.2 Å². The van der Waals surface area contributed by atoms with Crippen LogP contribution in [0, 0.1) is 0 Å². The summed E-state index contributed by atoms with van der Waals surface area (Å²) in [6.45, 7) is 7.18. The van der Waals surface area contributed by atoms with Gasteiger partial charge in [-0.05, 0) is 0 Å². The van der Waals surface area contributed by atoms with Gasteiger partial charge in [0, 0.05) is 13.1 Å². The second kappa shape index (κ2) is 4.45. The molecule has 1 aromatic rings. The largest absolute Gasteiger partial charge is 0.494 e. The second-order valence-corrected chi connectivity index (χ2v) is 2.92. The van der Waals surface area contributed by atoms with Gasteiger partial charge in [0.25, 0.3) is 5.56 Å². The maximum Gasteiger partial charge on any atom is 0.334 e. The highest BCUT2D eigenvalue weighted by Gasteiger charge is 2.07. The van der Waals surface area contributed by atoms with E-state index in [1.54, 1.807) is 0 Å². The van der Waals surface area contributed by atoms with Crippen LogP contribution in [-0.4, -0.2) is 14.2 Å². The zero-order valence-corrected chi connectivity index (χ0v) is 8.22. The van der Waals surface area contributed by atoms with Crippen molar-refractivity contribution in [3.63, 3.8) is 0 Å². The van der Waals surface area contributed by atoms with E-state index in [2.05, 4.69) is 13.2 Å². The second-order valence-electron chi connectivity index (χ2n) is 2.92. The first-order valence-electron chi connectivity index (χ1n) is 4.37. The molecule has 0 saturated carbocycles. The Balaban J connectivity index is 3.48. The Morgan fingerprint density at radius 1 is 1.20 bits per heavy atom. The fraction of sp³-hybridized carbons (Fsp3) is 0.200. The van der Waals surface area contributed by atoms with E-state index in [-0.39, 0.29) is 19.0 Å². The minimum atomic E-state index is -0.570.